The van der Waals surface area contributed by atoms with Crippen molar-refractivity contribution in [1.82, 2.24) is 4.98 Å². The van der Waals surface area contributed by atoms with Crippen molar-refractivity contribution in [3.8, 4) is 0 Å². The van der Waals surface area contributed by atoms with Gasteiger partial charge in [0.05, 0.1) is 5.69 Å². The SMILES string of the molecule is CC(=O)Nc1ccc(NC(=O)c2sc(NC(=O)Nc3ccccc3)nc2C)cc1. The number of rotatable bonds is 5. The first kappa shape index (κ1) is 20.0. The molecule has 29 heavy (non-hydrogen) atoms. The van der Waals surface area contributed by atoms with Gasteiger partial charge in [-0.05, 0) is 43.3 Å². The van der Waals surface area contributed by atoms with Gasteiger partial charge in [0.2, 0.25) is 5.91 Å². The Balaban J connectivity index is 1.62. The van der Waals surface area contributed by atoms with Gasteiger partial charge < -0.3 is 16.0 Å². The highest BCUT2D eigenvalue weighted by Crippen LogP contribution is 2.24. The van der Waals surface area contributed by atoms with Gasteiger partial charge in [0, 0.05) is 24.0 Å². The third kappa shape index (κ3) is 5.63. The molecular formula is C20H19N5O3S. The Bertz CT molecular complexity index is 1030. The van der Waals surface area contributed by atoms with Crippen molar-refractivity contribution in [2.24, 2.45) is 0 Å². The molecule has 0 atom stereocenters. The number of amides is 4. The van der Waals surface area contributed by atoms with Crippen LogP contribution in [-0.4, -0.2) is 22.8 Å². The lowest BCUT2D eigenvalue weighted by Gasteiger charge is -2.06. The summed E-state index contributed by atoms with van der Waals surface area (Å²) in [6.45, 7) is 3.12. The second-order valence-corrected chi connectivity index (χ2v) is 7.09. The summed E-state index contributed by atoms with van der Waals surface area (Å²) in [4.78, 5) is 40.3. The number of nitrogens with zero attached hydrogens (tertiary/aromatic N) is 1. The van der Waals surface area contributed by atoms with Crippen LogP contribution < -0.4 is 21.3 Å². The zero-order chi connectivity index (χ0) is 20.8. The van der Waals surface area contributed by atoms with E-state index in [0.717, 1.165) is 11.3 Å². The van der Waals surface area contributed by atoms with Crippen LogP contribution in [0.4, 0.5) is 27.0 Å². The largest absolute Gasteiger partial charge is 0.326 e. The van der Waals surface area contributed by atoms with E-state index in [4.69, 9.17) is 0 Å². The van der Waals surface area contributed by atoms with Crippen molar-refractivity contribution in [2.45, 2.75) is 13.8 Å². The minimum Gasteiger partial charge on any atom is -0.326 e. The zero-order valence-corrected chi connectivity index (χ0v) is 16.6. The number of aromatic nitrogens is 1. The summed E-state index contributed by atoms with van der Waals surface area (Å²) in [5, 5.41) is 11.1. The molecule has 0 radical (unpaired) electrons. The van der Waals surface area contributed by atoms with E-state index in [0.29, 0.717) is 32.8 Å². The van der Waals surface area contributed by atoms with E-state index < -0.39 is 6.03 Å². The normalized spacial score (nSPS) is 10.1. The molecule has 4 N–H and O–H groups in total. The van der Waals surface area contributed by atoms with Gasteiger partial charge in [0.1, 0.15) is 4.88 Å². The fourth-order valence-corrected chi connectivity index (χ4v) is 3.33. The average Bonchev–Trinajstić information content (AvgIpc) is 3.03. The van der Waals surface area contributed by atoms with Crippen molar-refractivity contribution in [3.63, 3.8) is 0 Å². The second-order valence-electron chi connectivity index (χ2n) is 6.09. The summed E-state index contributed by atoms with van der Waals surface area (Å²) in [5.41, 5.74) is 2.38. The van der Waals surface area contributed by atoms with Crippen molar-refractivity contribution < 1.29 is 14.4 Å². The molecule has 3 rings (SSSR count). The molecule has 148 valence electrons. The third-order valence-corrected chi connectivity index (χ3v) is 4.79. The summed E-state index contributed by atoms with van der Waals surface area (Å²) in [5.74, 6) is -0.498. The Morgan fingerprint density at radius 2 is 1.38 bits per heavy atom. The fourth-order valence-electron chi connectivity index (χ4n) is 2.47. The van der Waals surface area contributed by atoms with Gasteiger partial charge >= 0.3 is 6.03 Å². The van der Waals surface area contributed by atoms with Gasteiger partial charge in [-0.1, -0.05) is 29.5 Å². The summed E-state index contributed by atoms with van der Waals surface area (Å²) < 4.78 is 0. The molecule has 0 aliphatic heterocycles. The Morgan fingerprint density at radius 1 is 0.793 bits per heavy atom. The third-order valence-electron chi connectivity index (χ3n) is 3.72. The van der Waals surface area contributed by atoms with Gasteiger partial charge in [0.15, 0.2) is 5.13 Å². The van der Waals surface area contributed by atoms with Crippen LogP contribution in [0.25, 0.3) is 0 Å². The number of thiazole rings is 1. The fraction of sp³-hybridized carbons (Fsp3) is 0.100. The summed E-state index contributed by atoms with van der Waals surface area (Å²) in [6.07, 6.45) is 0. The molecule has 0 saturated heterocycles. The van der Waals surface area contributed by atoms with E-state index in [1.807, 2.05) is 18.2 Å². The number of benzene rings is 2. The minimum atomic E-state index is -0.439. The lowest BCUT2D eigenvalue weighted by Crippen LogP contribution is -2.19. The number of hydrogen-bond acceptors (Lipinski definition) is 5. The number of anilines is 4. The number of carbonyl (C=O) groups is 3. The van der Waals surface area contributed by atoms with E-state index in [9.17, 15) is 14.4 Å². The first-order valence-electron chi connectivity index (χ1n) is 8.70. The van der Waals surface area contributed by atoms with Crippen LogP contribution >= 0.6 is 11.3 Å². The number of carbonyl (C=O) groups excluding carboxylic acids is 3. The van der Waals surface area contributed by atoms with E-state index in [1.165, 1.54) is 6.92 Å². The minimum absolute atomic E-state index is 0.168. The molecule has 0 spiro atoms. The Hall–Kier alpha value is -3.72. The highest BCUT2D eigenvalue weighted by atomic mass is 32.1. The zero-order valence-electron chi connectivity index (χ0n) is 15.8. The van der Waals surface area contributed by atoms with Crippen molar-refractivity contribution in [2.75, 3.05) is 21.3 Å². The Morgan fingerprint density at radius 3 is 2.00 bits per heavy atom. The average molecular weight is 409 g/mol. The predicted molar refractivity (Wildman–Crippen MR) is 115 cm³/mol. The molecule has 0 aliphatic rings. The number of hydrogen-bond donors (Lipinski definition) is 4. The number of para-hydroxylation sites is 1. The Kier molecular flexibility index (Phi) is 6.20. The Labute approximate surface area is 171 Å². The molecule has 1 heterocycles. The van der Waals surface area contributed by atoms with Crippen LogP contribution in [-0.2, 0) is 4.79 Å². The summed E-state index contributed by atoms with van der Waals surface area (Å²) >= 11 is 1.09. The van der Waals surface area contributed by atoms with Crippen LogP contribution in [0.5, 0.6) is 0 Å². The molecule has 0 bridgehead atoms. The second kappa shape index (κ2) is 8.98. The standard InChI is InChI=1S/C20H19N5O3S/c1-12-17(18(27)23-16-10-8-15(9-11-16)22-13(2)26)29-20(21-12)25-19(28)24-14-6-4-3-5-7-14/h3-11H,1-2H3,(H,22,26)(H,23,27)(H2,21,24,25,28). The van der Waals surface area contributed by atoms with Crippen molar-refractivity contribution >= 4 is 51.4 Å². The first-order chi connectivity index (χ1) is 13.9. The van der Waals surface area contributed by atoms with Gasteiger partial charge in [-0.3, -0.25) is 14.9 Å². The molecule has 0 aliphatic carbocycles. The highest BCUT2D eigenvalue weighted by molar-refractivity contribution is 7.17. The number of aryl methyl sites for hydroxylation is 1. The molecule has 0 saturated carbocycles. The lowest BCUT2D eigenvalue weighted by molar-refractivity contribution is -0.114. The predicted octanol–water partition coefficient (Wildman–Crippen LogP) is 4.31. The van der Waals surface area contributed by atoms with E-state index in [1.54, 1.807) is 43.3 Å². The molecule has 8 nitrogen and oxygen atoms in total. The van der Waals surface area contributed by atoms with Crippen LogP contribution in [0.1, 0.15) is 22.3 Å². The van der Waals surface area contributed by atoms with Crippen LogP contribution in [0, 0.1) is 6.92 Å². The van der Waals surface area contributed by atoms with Gasteiger partial charge in [0.25, 0.3) is 5.91 Å². The van der Waals surface area contributed by atoms with E-state index >= 15 is 0 Å². The lowest BCUT2D eigenvalue weighted by atomic mass is 10.2. The molecule has 3 aromatic rings. The molecule has 4 amide bonds. The maximum Gasteiger partial charge on any atom is 0.325 e. The highest BCUT2D eigenvalue weighted by Gasteiger charge is 2.17. The van der Waals surface area contributed by atoms with Gasteiger partial charge in [-0.25, -0.2) is 9.78 Å². The van der Waals surface area contributed by atoms with Crippen molar-refractivity contribution in [1.29, 1.82) is 0 Å². The van der Waals surface area contributed by atoms with Gasteiger partial charge in [-0.2, -0.15) is 0 Å². The van der Waals surface area contributed by atoms with Crippen molar-refractivity contribution in [3.05, 3.63) is 65.2 Å². The van der Waals surface area contributed by atoms with Crippen LogP contribution in [0.3, 0.4) is 0 Å². The maximum atomic E-state index is 12.5. The molecule has 0 unspecified atom stereocenters. The van der Waals surface area contributed by atoms with E-state index in [-0.39, 0.29) is 11.8 Å². The summed E-state index contributed by atoms with van der Waals surface area (Å²) in [7, 11) is 0. The quantitative estimate of drug-likeness (QED) is 0.503. The smallest absolute Gasteiger partial charge is 0.325 e. The molecule has 9 heteroatoms. The van der Waals surface area contributed by atoms with Crippen LogP contribution in [0.15, 0.2) is 54.6 Å². The molecule has 2 aromatic carbocycles. The summed E-state index contributed by atoms with van der Waals surface area (Å²) in [6, 6.07) is 15.3. The number of nitrogens with one attached hydrogen (secondary N) is 4. The molecule has 0 fully saturated rings. The maximum absolute atomic E-state index is 12.5. The first-order valence-corrected chi connectivity index (χ1v) is 9.52. The molecule has 1 aromatic heterocycles. The molecular weight excluding hydrogens is 390 g/mol. The topological polar surface area (TPSA) is 112 Å². The van der Waals surface area contributed by atoms with Crippen LogP contribution in [0.2, 0.25) is 0 Å². The van der Waals surface area contributed by atoms with E-state index in [2.05, 4.69) is 26.3 Å². The monoisotopic (exact) mass is 409 g/mol. The number of urea groups is 1. The van der Waals surface area contributed by atoms with Gasteiger partial charge in [-0.15, -0.1) is 0 Å².